The van der Waals surface area contributed by atoms with E-state index in [4.69, 9.17) is 0 Å². The lowest BCUT2D eigenvalue weighted by molar-refractivity contribution is -0.111. The Hall–Kier alpha value is -2.35. The average Bonchev–Trinajstić information content (AvgIpc) is 2.47. The maximum absolute atomic E-state index is 12.4. The van der Waals surface area contributed by atoms with Crippen molar-refractivity contribution in [3.05, 3.63) is 71.3 Å². The SMILES string of the molecule is CC(=O)/C(=C1\NC(C)(C)Cc2ccccc21)c1ccccc1. The fourth-order valence-corrected chi connectivity index (χ4v) is 3.17. The first-order valence-corrected chi connectivity index (χ1v) is 7.65. The highest BCUT2D eigenvalue weighted by molar-refractivity contribution is 6.27. The van der Waals surface area contributed by atoms with E-state index in [1.807, 2.05) is 36.4 Å². The highest BCUT2D eigenvalue weighted by Gasteiger charge is 2.30. The summed E-state index contributed by atoms with van der Waals surface area (Å²) in [6.07, 6.45) is 0.951. The molecule has 0 atom stereocenters. The molecule has 0 unspecified atom stereocenters. The number of fused-ring (bicyclic) bond motifs is 1. The van der Waals surface area contributed by atoms with Gasteiger partial charge in [-0.25, -0.2) is 0 Å². The van der Waals surface area contributed by atoms with Crippen molar-refractivity contribution in [2.24, 2.45) is 0 Å². The molecule has 0 amide bonds. The van der Waals surface area contributed by atoms with Gasteiger partial charge in [-0.1, -0.05) is 54.6 Å². The van der Waals surface area contributed by atoms with E-state index >= 15 is 0 Å². The largest absolute Gasteiger partial charge is 0.379 e. The molecule has 0 saturated carbocycles. The molecule has 2 nitrogen and oxygen atoms in total. The minimum atomic E-state index is -0.0703. The van der Waals surface area contributed by atoms with Gasteiger partial charge in [-0.3, -0.25) is 4.79 Å². The Labute approximate surface area is 131 Å². The second-order valence-corrected chi connectivity index (χ2v) is 6.52. The summed E-state index contributed by atoms with van der Waals surface area (Å²) >= 11 is 0. The van der Waals surface area contributed by atoms with Crippen LogP contribution in [0.3, 0.4) is 0 Å². The van der Waals surface area contributed by atoms with Crippen LogP contribution in [0.1, 0.15) is 37.5 Å². The molecule has 0 fully saturated rings. The van der Waals surface area contributed by atoms with Crippen molar-refractivity contribution in [3.63, 3.8) is 0 Å². The summed E-state index contributed by atoms with van der Waals surface area (Å²) in [6.45, 7) is 5.98. The Morgan fingerprint density at radius 3 is 2.32 bits per heavy atom. The van der Waals surface area contributed by atoms with Crippen LogP contribution in [-0.2, 0) is 11.2 Å². The summed E-state index contributed by atoms with van der Waals surface area (Å²) in [7, 11) is 0. The van der Waals surface area contributed by atoms with E-state index in [0.717, 1.165) is 28.8 Å². The number of benzene rings is 2. The van der Waals surface area contributed by atoms with E-state index in [0.29, 0.717) is 0 Å². The van der Waals surface area contributed by atoms with Gasteiger partial charge in [0.2, 0.25) is 0 Å². The zero-order chi connectivity index (χ0) is 15.7. The topological polar surface area (TPSA) is 29.1 Å². The van der Waals surface area contributed by atoms with E-state index in [2.05, 4.69) is 37.4 Å². The van der Waals surface area contributed by atoms with E-state index in [1.54, 1.807) is 6.92 Å². The number of carbonyl (C=O) groups is 1. The molecular formula is C20H21NO. The summed E-state index contributed by atoms with van der Waals surface area (Å²) in [5.41, 5.74) is 5.03. The number of nitrogens with one attached hydrogen (secondary N) is 1. The number of carbonyl (C=O) groups excluding carboxylic acids is 1. The Morgan fingerprint density at radius 1 is 1.00 bits per heavy atom. The summed E-state index contributed by atoms with van der Waals surface area (Å²) in [5, 5.41) is 3.59. The Morgan fingerprint density at radius 2 is 1.64 bits per heavy atom. The number of ketones is 1. The van der Waals surface area contributed by atoms with Gasteiger partial charge in [-0.2, -0.15) is 0 Å². The molecular weight excluding hydrogens is 270 g/mol. The van der Waals surface area contributed by atoms with E-state index < -0.39 is 0 Å². The van der Waals surface area contributed by atoms with Gasteiger partial charge in [-0.15, -0.1) is 0 Å². The molecule has 0 radical (unpaired) electrons. The highest BCUT2D eigenvalue weighted by Crippen LogP contribution is 2.34. The molecule has 2 heteroatoms. The van der Waals surface area contributed by atoms with Crippen molar-refractivity contribution in [3.8, 4) is 0 Å². The molecule has 0 saturated heterocycles. The molecule has 1 heterocycles. The number of hydrogen-bond donors (Lipinski definition) is 1. The van der Waals surface area contributed by atoms with Gasteiger partial charge in [0.25, 0.3) is 0 Å². The Bertz CT molecular complexity index is 741. The van der Waals surface area contributed by atoms with Gasteiger partial charge >= 0.3 is 0 Å². The lowest BCUT2D eigenvalue weighted by atomic mass is 9.83. The first kappa shape index (κ1) is 14.6. The first-order valence-electron chi connectivity index (χ1n) is 7.65. The molecule has 3 rings (SSSR count). The molecule has 112 valence electrons. The summed E-state index contributed by atoms with van der Waals surface area (Å²) in [6, 6.07) is 18.2. The third kappa shape index (κ3) is 2.69. The van der Waals surface area contributed by atoms with Gasteiger partial charge in [-0.05, 0) is 38.3 Å². The molecule has 2 aromatic rings. The van der Waals surface area contributed by atoms with Crippen molar-refractivity contribution in [1.29, 1.82) is 0 Å². The van der Waals surface area contributed by atoms with Crippen LogP contribution >= 0.6 is 0 Å². The lowest BCUT2D eigenvalue weighted by Gasteiger charge is -2.36. The van der Waals surface area contributed by atoms with Gasteiger partial charge in [0.1, 0.15) is 0 Å². The predicted octanol–water partition coefficient (Wildman–Crippen LogP) is 4.07. The van der Waals surface area contributed by atoms with Gasteiger partial charge in [0.05, 0.1) is 5.70 Å². The van der Waals surface area contributed by atoms with Crippen LogP contribution in [0, 0.1) is 0 Å². The van der Waals surface area contributed by atoms with Gasteiger partial charge in [0.15, 0.2) is 5.78 Å². The maximum atomic E-state index is 12.4. The molecule has 1 aliphatic rings. The predicted molar refractivity (Wildman–Crippen MR) is 91.3 cm³/mol. The molecule has 22 heavy (non-hydrogen) atoms. The van der Waals surface area contributed by atoms with Crippen molar-refractivity contribution >= 4 is 17.1 Å². The third-order valence-corrected chi connectivity index (χ3v) is 4.05. The molecule has 0 aliphatic carbocycles. The van der Waals surface area contributed by atoms with Crippen molar-refractivity contribution in [2.45, 2.75) is 32.7 Å². The lowest BCUT2D eigenvalue weighted by Crippen LogP contribution is -2.44. The third-order valence-electron chi connectivity index (χ3n) is 4.05. The molecule has 1 aliphatic heterocycles. The minimum absolute atomic E-state index is 0.0703. The van der Waals surface area contributed by atoms with Crippen LogP contribution in [0.2, 0.25) is 0 Å². The maximum Gasteiger partial charge on any atom is 0.162 e. The van der Waals surface area contributed by atoms with Crippen LogP contribution in [0.25, 0.3) is 11.3 Å². The standard InChI is InChI=1S/C20H21NO/c1-14(22)18(15-9-5-4-6-10-15)19-17-12-8-7-11-16(17)13-20(2,3)21-19/h4-12,21H,13H2,1-3H3/b19-18+. The summed E-state index contributed by atoms with van der Waals surface area (Å²) in [5.74, 6) is 0.0844. The molecule has 0 spiro atoms. The minimum Gasteiger partial charge on any atom is -0.379 e. The second kappa shape index (κ2) is 5.45. The van der Waals surface area contributed by atoms with E-state index in [1.165, 1.54) is 5.56 Å². The summed E-state index contributed by atoms with van der Waals surface area (Å²) < 4.78 is 0. The second-order valence-electron chi connectivity index (χ2n) is 6.52. The van der Waals surface area contributed by atoms with Crippen LogP contribution in [0.15, 0.2) is 54.6 Å². The number of allylic oxidation sites excluding steroid dienone is 1. The van der Waals surface area contributed by atoms with E-state index in [9.17, 15) is 4.79 Å². The summed E-state index contributed by atoms with van der Waals surface area (Å²) in [4.78, 5) is 12.4. The molecule has 0 aromatic heterocycles. The fraction of sp³-hybridized carbons (Fsp3) is 0.250. The van der Waals surface area contributed by atoms with Crippen LogP contribution < -0.4 is 5.32 Å². The Kier molecular flexibility index (Phi) is 3.61. The molecule has 0 bridgehead atoms. The van der Waals surface area contributed by atoms with Gasteiger partial charge in [0, 0.05) is 16.7 Å². The quantitative estimate of drug-likeness (QED) is 0.845. The van der Waals surface area contributed by atoms with Crippen LogP contribution in [-0.4, -0.2) is 11.3 Å². The average molecular weight is 291 g/mol. The number of Topliss-reactive ketones (excluding diaryl/α,β-unsaturated/α-hetero) is 1. The zero-order valence-corrected chi connectivity index (χ0v) is 13.3. The van der Waals surface area contributed by atoms with Crippen molar-refractivity contribution < 1.29 is 4.79 Å². The molecule has 2 aromatic carbocycles. The molecule has 1 N–H and O–H groups in total. The normalized spacial score (nSPS) is 18.1. The number of hydrogen-bond acceptors (Lipinski definition) is 2. The first-order chi connectivity index (χ1) is 10.5. The zero-order valence-electron chi connectivity index (χ0n) is 13.3. The van der Waals surface area contributed by atoms with Crippen molar-refractivity contribution in [1.82, 2.24) is 5.32 Å². The van der Waals surface area contributed by atoms with Crippen LogP contribution in [0.5, 0.6) is 0 Å². The van der Waals surface area contributed by atoms with E-state index in [-0.39, 0.29) is 11.3 Å². The monoisotopic (exact) mass is 291 g/mol. The highest BCUT2D eigenvalue weighted by atomic mass is 16.1. The Balaban J connectivity index is 2.28. The van der Waals surface area contributed by atoms with Crippen molar-refractivity contribution in [2.75, 3.05) is 0 Å². The van der Waals surface area contributed by atoms with Crippen LogP contribution in [0.4, 0.5) is 0 Å². The fourth-order valence-electron chi connectivity index (χ4n) is 3.17. The smallest absolute Gasteiger partial charge is 0.162 e. The number of rotatable bonds is 2. The van der Waals surface area contributed by atoms with Gasteiger partial charge < -0.3 is 5.32 Å².